The van der Waals surface area contributed by atoms with Crippen LogP contribution in [0.3, 0.4) is 0 Å². The van der Waals surface area contributed by atoms with Crippen molar-refractivity contribution >= 4 is 23.4 Å². The first-order valence-electron chi connectivity index (χ1n) is 10.7. The minimum absolute atomic E-state index is 0.122. The van der Waals surface area contributed by atoms with E-state index in [4.69, 9.17) is 16.3 Å². The molecular weight excluding hydrogens is 419 g/mol. The molecule has 7 heteroatoms. The molecule has 0 radical (unpaired) electrons. The van der Waals surface area contributed by atoms with E-state index in [1.165, 1.54) is 4.90 Å². The predicted octanol–water partition coefficient (Wildman–Crippen LogP) is 4.35. The number of benzene rings is 2. The second-order valence-electron chi connectivity index (χ2n) is 8.02. The van der Waals surface area contributed by atoms with Gasteiger partial charge in [0.2, 0.25) is 11.8 Å². The van der Waals surface area contributed by atoms with Gasteiger partial charge in [0.25, 0.3) is 0 Å². The Balaban J connectivity index is 1.35. The molecule has 1 aliphatic carbocycles. The zero-order valence-electron chi connectivity index (χ0n) is 17.5. The number of amides is 2. The molecule has 1 unspecified atom stereocenters. The lowest BCUT2D eigenvalue weighted by Crippen LogP contribution is -2.33. The molecular formula is C24H26ClFN2O3. The van der Waals surface area contributed by atoms with Crippen LogP contribution in [0.15, 0.2) is 30.3 Å². The lowest BCUT2D eigenvalue weighted by molar-refractivity contribution is -0.138. The molecule has 0 spiro atoms. The first kappa shape index (κ1) is 21.8. The van der Waals surface area contributed by atoms with Crippen molar-refractivity contribution in [2.75, 3.05) is 13.2 Å². The smallest absolute Gasteiger partial charge is 0.229 e. The maximum absolute atomic E-state index is 13.7. The van der Waals surface area contributed by atoms with Gasteiger partial charge >= 0.3 is 0 Å². The highest BCUT2D eigenvalue weighted by Gasteiger charge is 2.28. The van der Waals surface area contributed by atoms with Crippen LogP contribution in [0.25, 0.3) is 0 Å². The lowest BCUT2D eigenvalue weighted by Gasteiger charge is -2.17. The van der Waals surface area contributed by atoms with Crippen LogP contribution in [0.5, 0.6) is 5.75 Å². The van der Waals surface area contributed by atoms with E-state index < -0.39 is 0 Å². The molecule has 1 N–H and O–H groups in total. The van der Waals surface area contributed by atoms with E-state index in [2.05, 4.69) is 18.3 Å². The molecule has 0 saturated carbocycles. The van der Waals surface area contributed by atoms with Crippen LogP contribution in [0.1, 0.15) is 54.5 Å². The second kappa shape index (κ2) is 9.37. The summed E-state index contributed by atoms with van der Waals surface area (Å²) in [5.41, 5.74) is 4.31. The van der Waals surface area contributed by atoms with E-state index in [-0.39, 0.29) is 41.8 Å². The second-order valence-corrected chi connectivity index (χ2v) is 8.43. The lowest BCUT2D eigenvalue weighted by atomic mass is 10.1. The molecule has 1 saturated heterocycles. The molecule has 2 aromatic rings. The molecule has 5 nitrogen and oxygen atoms in total. The van der Waals surface area contributed by atoms with Crippen molar-refractivity contribution in [2.45, 2.75) is 51.6 Å². The van der Waals surface area contributed by atoms with Gasteiger partial charge in [-0.25, -0.2) is 4.39 Å². The summed E-state index contributed by atoms with van der Waals surface area (Å²) in [6, 6.07) is 9.51. The Morgan fingerprint density at radius 1 is 1.16 bits per heavy atom. The highest BCUT2D eigenvalue weighted by atomic mass is 35.5. The van der Waals surface area contributed by atoms with Crippen LogP contribution in [0.4, 0.5) is 4.39 Å². The summed E-state index contributed by atoms with van der Waals surface area (Å²) < 4.78 is 19.6. The Morgan fingerprint density at radius 3 is 2.68 bits per heavy atom. The first-order valence-corrected chi connectivity index (χ1v) is 11.1. The molecule has 2 aliphatic rings. The number of nitrogens with zero attached hydrogens (tertiary/aromatic N) is 1. The molecule has 1 atom stereocenters. The zero-order chi connectivity index (χ0) is 22.0. The fourth-order valence-corrected chi connectivity index (χ4v) is 4.50. The fourth-order valence-electron chi connectivity index (χ4n) is 4.33. The van der Waals surface area contributed by atoms with Crippen molar-refractivity contribution in [2.24, 2.45) is 0 Å². The van der Waals surface area contributed by atoms with Gasteiger partial charge < -0.3 is 10.1 Å². The van der Waals surface area contributed by atoms with Gasteiger partial charge in [0.1, 0.15) is 18.2 Å². The predicted molar refractivity (Wildman–Crippen MR) is 117 cm³/mol. The summed E-state index contributed by atoms with van der Waals surface area (Å²) in [6.07, 6.45) is 3.17. The molecule has 1 heterocycles. The molecule has 164 valence electrons. The molecule has 1 aliphatic heterocycles. The van der Waals surface area contributed by atoms with Crippen LogP contribution < -0.4 is 10.1 Å². The minimum Gasteiger partial charge on any atom is -0.491 e. The van der Waals surface area contributed by atoms with Crippen molar-refractivity contribution in [3.05, 3.63) is 63.4 Å². The highest BCUT2D eigenvalue weighted by Crippen LogP contribution is 2.34. The van der Waals surface area contributed by atoms with E-state index in [1.54, 1.807) is 12.1 Å². The minimum atomic E-state index is -0.359. The Hall–Kier alpha value is -2.44. The number of aryl methyl sites for hydroxylation is 2. The summed E-state index contributed by atoms with van der Waals surface area (Å²) in [5, 5.41) is 3.72. The molecule has 4 rings (SSSR count). The number of fused-ring (bicyclic) bond motifs is 1. The summed E-state index contributed by atoms with van der Waals surface area (Å²) in [5.74, 6) is 0.174. The number of hydrogen-bond acceptors (Lipinski definition) is 4. The van der Waals surface area contributed by atoms with E-state index >= 15 is 0 Å². The molecule has 1 fully saturated rings. The average molecular weight is 445 g/mol. The number of carbonyl (C=O) groups excluding carboxylic acids is 2. The van der Waals surface area contributed by atoms with Crippen LogP contribution in [-0.2, 0) is 29.0 Å². The number of hydrogen-bond donors (Lipinski definition) is 1. The Kier molecular flexibility index (Phi) is 6.58. The standard InChI is InChI=1S/C24H26ClFN2O3/c1-2-16-11-15(3-6-22(16)31-10-9-28-23(29)7-8-24(28)30)14-27-21-5-4-17-12-20(26)19(25)13-18(17)21/h3,6,11-13,21,27H,2,4-5,7-10,14H2,1H3. The Labute approximate surface area is 186 Å². The number of carbonyl (C=O) groups is 2. The Bertz CT molecular complexity index is 995. The van der Waals surface area contributed by atoms with Crippen LogP contribution in [0.2, 0.25) is 5.02 Å². The highest BCUT2D eigenvalue weighted by molar-refractivity contribution is 6.30. The van der Waals surface area contributed by atoms with E-state index in [1.807, 2.05) is 12.1 Å². The van der Waals surface area contributed by atoms with Crippen molar-refractivity contribution in [1.82, 2.24) is 10.2 Å². The number of nitrogens with one attached hydrogen (secondary N) is 1. The van der Waals surface area contributed by atoms with Gasteiger partial charge in [-0.05, 0) is 59.7 Å². The van der Waals surface area contributed by atoms with Gasteiger partial charge in [0, 0.05) is 25.4 Å². The van der Waals surface area contributed by atoms with Gasteiger partial charge in [-0.3, -0.25) is 14.5 Å². The topological polar surface area (TPSA) is 58.6 Å². The number of likely N-dealkylation sites (tertiary alicyclic amines) is 1. The summed E-state index contributed by atoms with van der Waals surface area (Å²) >= 11 is 5.97. The SMILES string of the molecule is CCc1cc(CNC2CCc3cc(F)c(Cl)cc32)ccc1OCCN1C(=O)CCC1=O. The van der Waals surface area contributed by atoms with Gasteiger partial charge in [-0.2, -0.15) is 0 Å². The molecule has 0 aromatic heterocycles. The molecule has 2 aromatic carbocycles. The van der Waals surface area contributed by atoms with Crippen molar-refractivity contribution in [1.29, 1.82) is 0 Å². The first-order chi connectivity index (χ1) is 15.0. The van der Waals surface area contributed by atoms with Crippen molar-refractivity contribution < 1.29 is 18.7 Å². The van der Waals surface area contributed by atoms with Crippen molar-refractivity contribution in [3.8, 4) is 5.75 Å². The summed E-state index contributed by atoms with van der Waals surface area (Å²) in [6.45, 7) is 3.33. The van der Waals surface area contributed by atoms with E-state index in [9.17, 15) is 14.0 Å². The summed E-state index contributed by atoms with van der Waals surface area (Å²) in [4.78, 5) is 24.7. The monoisotopic (exact) mass is 444 g/mol. The van der Waals surface area contributed by atoms with E-state index in [0.29, 0.717) is 19.4 Å². The van der Waals surface area contributed by atoms with Gasteiger partial charge in [-0.15, -0.1) is 0 Å². The van der Waals surface area contributed by atoms with Gasteiger partial charge in [0.05, 0.1) is 11.6 Å². The molecule has 2 amide bonds. The quantitative estimate of drug-likeness (QED) is 0.615. The van der Waals surface area contributed by atoms with Crippen LogP contribution in [0, 0.1) is 5.82 Å². The van der Waals surface area contributed by atoms with Crippen LogP contribution >= 0.6 is 11.6 Å². The third-order valence-electron chi connectivity index (χ3n) is 6.05. The average Bonchev–Trinajstić information content (AvgIpc) is 3.30. The Morgan fingerprint density at radius 2 is 1.94 bits per heavy atom. The van der Waals surface area contributed by atoms with Gasteiger partial charge in [0.15, 0.2) is 0 Å². The number of ether oxygens (including phenoxy) is 1. The number of imide groups is 1. The maximum atomic E-state index is 13.7. The third kappa shape index (κ3) is 4.75. The fraction of sp³-hybridized carbons (Fsp3) is 0.417. The molecule has 31 heavy (non-hydrogen) atoms. The van der Waals surface area contributed by atoms with Crippen molar-refractivity contribution in [3.63, 3.8) is 0 Å². The van der Waals surface area contributed by atoms with Crippen LogP contribution in [-0.4, -0.2) is 29.9 Å². The zero-order valence-corrected chi connectivity index (χ0v) is 18.3. The maximum Gasteiger partial charge on any atom is 0.229 e. The number of halogens is 2. The third-order valence-corrected chi connectivity index (χ3v) is 6.34. The van der Waals surface area contributed by atoms with E-state index in [0.717, 1.165) is 47.3 Å². The number of rotatable bonds is 8. The normalized spacial score (nSPS) is 18.0. The summed E-state index contributed by atoms with van der Waals surface area (Å²) in [7, 11) is 0. The largest absolute Gasteiger partial charge is 0.491 e. The van der Waals surface area contributed by atoms with Gasteiger partial charge in [-0.1, -0.05) is 30.7 Å². The molecule has 0 bridgehead atoms.